The van der Waals surface area contributed by atoms with E-state index < -0.39 is 0 Å². The van der Waals surface area contributed by atoms with Crippen LogP contribution in [0.5, 0.6) is 0 Å². The van der Waals surface area contributed by atoms with Crippen LogP contribution < -0.4 is 5.32 Å². The van der Waals surface area contributed by atoms with Crippen molar-refractivity contribution in [2.24, 2.45) is 11.3 Å². The van der Waals surface area contributed by atoms with Crippen molar-refractivity contribution < 1.29 is 9.59 Å². The van der Waals surface area contributed by atoms with Gasteiger partial charge in [0.2, 0.25) is 11.8 Å². The van der Waals surface area contributed by atoms with Crippen molar-refractivity contribution >= 4 is 22.6 Å². The molecule has 1 saturated heterocycles. The molecule has 1 N–H and O–H groups in total. The molecule has 2 fully saturated rings. The molecule has 164 valence electrons. The van der Waals surface area contributed by atoms with Gasteiger partial charge in [-0.3, -0.25) is 14.6 Å². The van der Waals surface area contributed by atoms with Crippen LogP contribution in [-0.2, 0) is 22.4 Å². The maximum atomic E-state index is 13.0. The van der Waals surface area contributed by atoms with E-state index in [2.05, 4.69) is 34.6 Å². The fourth-order valence-electron chi connectivity index (χ4n) is 5.18. The molecule has 2 heterocycles. The molecule has 5 heteroatoms. The largest absolute Gasteiger partial charge is 0.355 e. The van der Waals surface area contributed by atoms with E-state index in [1.807, 2.05) is 41.3 Å². The van der Waals surface area contributed by atoms with Gasteiger partial charge < -0.3 is 10.2 Å². The van der Waals surface area contributed by atoms with Crippen LogP contribution in [-0.4, -0.2) is 41.3 Å². The van der Waals surface area contributed by atoms with Crippen molar-refractivity contribution in [3.63, 3.8) is 0 Å². The van der Waals surface area contributed by atoms with Crippen molar-refractivity contribution in [1.82, 2.24) is 15.2 Å². The predicted molar refractivity (Wildman–Crippen MR) is 125 cm³/mol. The van der Waals surface area contributed by atoms with Crippen molar-refractivity contribution in [2.75, 3.05) is 19.6 Å². The van der Waals surface area contributed by atoms with E-state index in [9.17, 15) is 9.59 Å². The summed E-state index contributed by atoms with van der Waals surface area (Å²) in [5.74, 6) is 0.450. The minimum absolute atomic E-state index is 0.0987. The van der Waals surface area contributed by atoms with Crippen molar-refractivity contribution in [2.45, 2.75) is 32.1 Å². The van der Waals surface area contributed by atoms with Crippen LogP contribution in [0.1, 0.15) is 30.5 Å². The number of hydrogen-bond acceptors (Lipinski definition) is 3. The monoisotopic (exact) mass is 427 g/mol. The number of amides is 2. The molecule has 1 aliphatic carbocycles. The zero-order chi connectivity index (χ0) is 22.0. The summed E-state index contributed by atoms with van der Waals surface area (Å²) in [6.07, 6.45) is 5.77. The Labute approximate surface area is 188 Å². The number of nitrogens with one attached hydrogen (secondary N) is 1. The van der Waals surface area contributed by atoms with E-state index in [1.165, 1.54) is 5.39 Å². The van der Waals surface area contributed by atoms with Gasteiger partial charge in [0.05, 0.1) is 6.42 Å². The van der Waals surface area contributed by atoms with Gasteiger partial charge in [0.1, 0.15) is 0 Å². The molecular weight excluding hydrogens is 398 g/mol. The number of likely N-dealkylation sites (tertiary alicyclic amines) is 1. The van der Waals surface area contributed by atoms with Gasteiger partial charge in [0, 0.05) is 43.9 Å². The lowest BCUT2D eigenvalue weighted by Gasteiger charge is -2.33. The van der Waals surface area contributed by atoms with E-state index >= 15 is 0 Å². The topological polar surface area (TPSA) is 62.3 Å². The van der Waals surface area contributed by atoms with Gasteiger partial charge in [-0.2, -0.15) is 0 Å². The average Bonchev–Trinajstić information content (AvgIpc) is 3.53. The number of pyridine rings is 1. The summed E-state index contributed by atoms with van der Waals surface area (Å²) < 4.78 is 0. The Morgan fingerprint density at radius 3 is 2.59 bits per heavy atom. The third-order valence-corrected chi connectivity index (χ3v) is 7.25. The molecule has 2 aliphatic rings. The zero-order valence-corrected chi connectivity index (χ0v) is 18.3. The summed E-state index contributed by atoms with van der Waals surface area (Å²) in [6, 6.07) is 20.2. The minimum atomic E-state index is 0.0987. The fourth-order valence-corrected chi connectivity index (χ4v) is 5.18. The molecule has 0 unspecified atom stereocenters. The Morgan fingerprint density at radius 2 is 1.78 bits per heavy atom. The number of carbonyl (C=O) groups excluding carboxylic acids is 2. The lowest BCUT2D eigenvalue weighted by atomic mass is 9.90. The molecule has 5 rings (SSSR count). The van der Waals surface area contributed by atoms with Crippen LogP contribution in [0.4, 0.5) is 0 Å². The first kappa shape index (κ1) is 20.7. The van der Waals surface area contributed by atoms with Crippen LogP contribution in [0.2, 0.25) is 0 Å². The van der Waals surface area contributed by atoms with Gasteiger partial charge in [-0.15, -0.1) is 0 Å². The van der Waals surface area contributed by atoms with Gasteiger partial charge in [-0.05, 0) is 53.1 Å². The second-order valence-electron chi connectivity index (χ2n) is 9.18. The number of fused-ring (bicyclic) bond motifs is 1. The molecular formula is C27H29N3O2. The molecule has 5 nitrogen and oxygen atoms in total. The minimum Gasteiger partial charge on any atom is -0.355 e. The second kappa shape index (κ2) is 8.73. The number of rotatable bonds is 6. The average molecular weight is 428 g/mol. The summed E-state index contributed by atoms with van der Waals surface area (Å²) in [5, 5.41) is 5.41. The molecule has 2 aromatic carbocycles. The lowest BCUT2D eigenvalue weighted by Crippen LogP contribution is -2.41. The van der Waals surface area contributed by atoms with E-state index in [-0.39, 0.29) is 23.1 Å². The van der Waals surface area contributed by atoms with Crippen molar-refractivity contribution in [3.05, 3.63) is 78.1 Å². The van der Waals surface area contributed by atoms with E-state index in [0.717, 1.165) is 55.4 Å². The Morgan fingerprint density at radius 1 is 1.00 bits per heavy atom. The molecule has 2 amide bonds. The van der Waals surface area contributed by atoms with Crippen LogP contribution in [0.3, 0.4) is 0 Å². The van der Waals surface area contributed by atoms with E-state index in [4.69, 9.17) is 0 Å². The normalized spacial score (nSPS) is 19.1. The SMILES string of the molecule is O=C(NCCc1ccccn1)[C@@H]1CC12CCN(C(=O)Cc1cccc3ccccc13)CC2. The highest BCUT2D eigenvalue weighted by Crippen LogP contribution is 2.59. The molecule has 1 aliphatic heterocycles. The highest BCUT2D eigenvalue weighted by Gasteiger charge is 2.58. The number of benzene rings is 2. The Hall–Kier alpha value is -3.21. The van der Waals surface area contributed by atoms with Crippen LogP contribution in [0.25, 0.3) is 10.8 Å². The number of aromatic nitrogens is 1. The molecule has 1 saturated carbocycles. The number of carbonyl (C=O) groups is 2. The van der Waals surface area contributed by atoms with Gasteiger partial charge in [-0.1, -0.05) is 48.5 Å². The number of piperidine rings is 1. The molecule has 32 heavy (non-hydrogen) atoms. The zero-order valence-electron chi connectivity index (χ0n) is 18.3. The summed E-state index contributed by atoms with van der Waals surface area (Å²) >= 11 is 0. The first-order valence-corrected chi connectivity index (χ1v) is 11.6. The molecule has 1 atom stereocenters. The lowest BCUT2D eigenvalue weighted by molar-refractivity contribution is -0.132. The maximum absolute atomic E-state index is 13.0. The number of hydrogen-bond donors (Lipinski definition) is 1. The van der Waals surface area contributed by atoms with Gasteiger partial charge in [-0.25, -0.2) is 0 Å². The molecule has 0 bridgehead atoms. The highest BCUT2D eigenvalue weighted by atomic mass is 16.2. The summed E-state index contributed by atoms with van der Waals surface area (Å²) in [6.45, 7) is 2.13. The summed E-state index contributed by atoms with van der Waals surface area (Å²) in [4.78, 5) is 31.9. The molecule has 3 aromatic rings. The number of nitrogens with zero attached hydrogens (tertiary/aromatic N) is 2. The Kier molecular flexibility index (Phi) is 5.64. The van der Waals surface area contributed by atoms with Crippen LogP contribution in [0, 0.1) is 11.3 Å². The second-order valence-corrected chi connectivity index (χ2v) is 9.18. The Balaban J connectivity index is 1.11. The molecule has 1 spiro atoms. The molecule has 1 aromatic heterocycles. The first-order valence-electron chi connectivity index (χ1n) is 11.6. The summed E-state index contributed by atoms with van der Waals surface area (Å²) in [5.41, 5.74) is 2.19. The fraction of sp³-hybridized carbons (Fsp3) is 0.370. The first-order chi connectivity index (χ1) is 15.6. The van der Waals surface area contributed by atoms with E-state index in [1.54, 1.807) is 6.20 Å². The predicted octanol–water partition coefficient (Wildman–Crippen LogP) is 3.76. The Bertz CT molecular complexity index is 1110. The smallest absolute Gasteiger partial charge is 0.227 e. The van der Waals surface area contributed by atoms with Crippen LogP contribution in [0.15, 0.2) is 66.9 Å². The van der Waals surface area contributed by atoms with Crippen molar-refractivity contribution in [3.8, 4) is 0 Å². The maximum Gasteiger partial charge on any atom is 0.227 e. The van der Waals surface area contributed by atoms with Gasteiger partial charge in [0.25, 0.3) is 0 Å². The van der Waals surface area contributed by atoms with Crippen LogP contribution >= 0.6 is 0 Å². The third kappa shape index (κ3) is 4.24. The quantitative estimate of drug-likeness (QED) is 0.652. The van der Waals surface area contributed by atoms with E-state index in [0.29, 0.717) is 13.0 Å². The van der Waals surface area contributed by atoms with Gasteiger partial charge in [0.15, 0.2) is 0 Å². The van der Waals surface area contributed by atoms with Crippen molar-refractivity contribution in [1.29, 1.82) is 0 Å². The standard InChI is InChI=1S/C27H29N3O2/c31-25(18-21-8-5-7-20-6-1-2-10-23(20)21)30-16-12-27(13-17-30)19-24(27)26(32)29-15-11-22-9-3-4-14-28-22/h1-10,14,24H,11-13,15-19H2,(H,29,32)/t24-/m0/s1. The van der Waals surface area contributed by atoms with Gasteiger partial charge >= 0.3 is 0 Å². The third-order valence-electron chi connectivity index (χ3n) is 7.25. The molecule has 0 radical (unpaired) electrons. The summed E-state index contributed by atoms with van der Waals surface area (Å²) in [7, 11) is 0. The highest BCUT2D eigenvalue weighted by molar-refractivity contribution is 5.90.